The van der Waals surface area contributed by atoms with Crippen molar-refractivity contribution in [3.8, 4) is 0 Å². The summed E-state index contributed by atoms with van der Waals surface area (Å²) >= 11 is 0. The highest BCUT2D eigenvalue weighted by Crippen LogP contribution is 2.43. The molecule has 1 saturated heterocycles. The first-order valence-corrected chi connectivity index (χ1v) is 7.44. The molecule has 5 unspecified atom stereocenters. The van der Waals surface area contributed by atoms with Gasteiger partial charge in [-0.05, 0) is 36.5 Å². The van der Waals surface area contributed by atoms with Gasteiger partial charge >= 0.3 is 0 Å². The molecule has 0 spiro atoms. The monoisotopic (exact) mass is 238 g/mol. The summed E-state index contributed by atoms with van der Waals surface area (Å²) in [6, 6.07) is 0. The smallest absolute Gasteiger partial charge is 0.0359 e. The summed E-state index contributed by atoms with van der Waals surface area (Å²) in [5, 5.41) is 0. The van der Waals surface area contributed by atoms with Crippen molar-refractivity contribution in [2.24, 2.45) is 29.4 Å². The topological polar surface area (TPSA) is 29.3 Å². The number of nitrogens with zero attached hydrogens (tertiary/aromatic N) is 1. The molecule has 0 aromatic carbocycles. The van der Waals surface area contributed by atoms with Crippen LogP contribution in [0.3, 0.4) is 0 Å². The number of likely N-dealkylation sites (tertiary alicyclic amines) is 1. The SMILES string of the molecule is CC1CCC(C)C(CN)(N2CC(C)C(C)C2)C1. The van der Waals surface area contributed by atoms with E-state index in [1.54, 1.807) is 0 Å². The van der Waals surface area contributed by atoms with E-state index < -0.39 is 0 Å². The number of rotatable bonds is 2. The molecule has 5 atom stereocenters. The summed E-state index contributed by atoms with van der Waals surface area (Å²) in [6.07, 6.45) is 4.06. The number of hydrogen-bond donors (Lipinski definition) is 1. The molecule has 2 heteroatoms. The Hall–Kier alpha value is -0.0800. The minimum atomic E-state index is 0.302. The van der Waals surface area contributed by atoms with E-state index in [4.69, 9.17) is 5.73 Å². The summed E-state index contributed by atoms with van der Waals surface area (Å²) in [4.78, 5) is 2.74. The molecule has 100 valence electrons. The van der Waals surface area contributed by atoms with Crippen LogP contribution in [0.25, 0.3) is 0 Å². The molecule has 0 aromatic heterocycles. The van der Waals surface area contributed by atoms with E-state index in [0.717, 1.165) is 30.2 Å². The Balaban J connectivity index is 2.18. The molecule has 2 N–H and O–H groups in total. The van der Waals surface area contributed by atoms with Gasteiger partial charge in [-0.15, -0.1) is 0 Å². The quantitative estimate of drug-likeness (QED) is 0.801. The van der Waals surface area contributed by atoms with Crippen LogP contribution in [0.1, 0.15) is 47.0 Å². The highest BCUT2D eigenvalue weighted by molar-refractivity contribution is 5.02. The zero-order chi connectivity index (χ0) is 12.6. The Morgan fingerprint density at radius 2 is 1.65 bits per heavy atom. The van der Waals surface area contributed by atoms with Crippen LogP contribution >= 0.6 is 0 Å². The van der Waals surface area contributed by atoms with Crippen LogP contribution in [0.2, 0.25) is 0 Å². The molecule has 2 fully saturated rings. The third-order valence-electron chi connectivity index (χ3n) is 5.68. The molecule has 17 heavy (non-hydrogen) atoms. The van der Waals surface area contributed by atoms with E-state index in [0.29, 0.717) is 5.54 Å². The van der Waals surface area contributed by atoms with E-state index in [2.05, 4.69) is 32.6 Å². The van der Waals surface area contributed by atoms with Gasteiger partial charge in [-0.25, -0.2) is 0 Å². The summed E-state index contributed by atoms with van der Waals surface area (Å²) in [5.74, 6) is 3.29. The zero-order valence-electron chi connectivity index (χ0n) is 12.1. The Labute approximate surface area is 107 Å². The average molecular weight is 238 g/mol. The lowest BCUT2D eigenvalue weighted by molar-refractivity contribution is 0.00907. The predicted molar refractivity (Wildman–Crippen MR) is 73.9 cm³/mol. The molecular weight excluding hydrogens is 208 g/mol. The maximum absolute atomic E-state index is 6.22. The van der Waals surface area contributed by atoms with Crippen LogP contribution in [0.4, 0.5) is 0 Å². The van der Waals surface area contributed by atoms with Gasteiger partial charge < -0.3 is 5.73 Å². The number of nitrogens with two attached hydrogens (primary N) is 1. The van der Waals surface area contributed by atoms with Gasteiger partial charge in [-0.1, -0.05) is 34.1 Å². The van der Waals surface area contributed by atoms with Gasteiger partial charge in [0, 0.05) is 25.2 Å². The van der Waals surface area contributed by atoms with Gasteiger partial charge in [0.1, 0.15) is 0 Å². The summed E-state index contributed by atoms with van der Waals surface area (Å²) in [6.45, 7) is 13.0. The molecule has 1 aliphatic heterocycles. The maximum Gasteiger partial charge on any atom is 0.0359 e. The first kappa shape index (κ1) is 13.4. The molecule has 2 rings (SSSR count). The van der Waals surface area contributed by atoms with Crippen LogP contribution in [0.15, 0.2) is 0 Å². The second-order valence-electron chi connectivity index (χ2n) is 6.95. The van der Waals surface area contributed by atoms with Crippen LogP contribution in [0.5, 0.6) is 0 Å². The largest absolute Gasteiger partial charge is 0.329 e. The number of hydrogen-bond acceptors (Lipinski definition) is 2. The van der Waals surface area contributed by atoms with Gasteiger partial charge in [-0.3, -0.25) is 4.90 Å². The summed E-state index contributed by atoms with van der Waals surface area (Å²) < 4.78 is 0. The van der Waals surface area contributed by atoms with Crippen LogP contribution in [-0.2, 0) is 0 Å². The lowest BCUT2D eigenvalue weighted by Crippen LogP contribution is -2.59. The Kier molecular flexibility index (Phi) is 3.84. The zero-order valence-corrected chi connectivity index (χ0v) is 12.1. The fourth-order valence-electron chi connectivity index (χ4n) is 4.06. The molecular formula is C15H30N2. The van der Waals surface area contributed by atoms with Crippen molar-refractivity contribution in [1.29, 1.82) is 0 Å². The van der Waals surface area contributed by atoms with Crippen LogP contribution in [0, 0.1) is 23.7 Å². The fourth-order valence-corrected chi connectivity index (χ4v) is 4.06. The Morgan fingerprint density at radius 1 is 1.06 bits per heavy atom. The average Bonchev–Trinajstić information content (AvgIpc) is 2.63. The molecule has 0 bridgehead atoms. The first-order valence-electron chi connectivity index (χ1n) is 7.44. The summed E-state index contributed by atoms with van der Waals surface area (Å²) in [5.41, 5.74) is 6.52. The predicted octanol–water partition coefficient (Wildman–Crippen LogP) is 2.73. The van der Waals surface area contributed by atoms with Crippen molar-refractivity contribution in [3.05, 3.63) is 0 Å². The minimum Gasteiger partial charge on any atom is -0.329 e. The van der Waals surface area contributed by atoms with E-state index in [1.807, 2.05) is 0 Å². The van der Waals surface area contributed by atoms with Crippen molar-refractivity contribution in [1.82, 2.24) is 4.90 Å². The van der Waals surface area contributed by atoms with Gasteiger partial charge in [0.05, 0.1) is 0 Å². The van der Waals surface area contributed by atoms with Gasteiger partial charge in [0.2, 0.25) is 0 Å². The highest BCUT2D eigenvalue weighted by Gasteiger charge is 2.47. The lowest BCUT2D eigenvalue weighted by atomic mass is 9.68. The molecule has 1 heterocycles. The maximum atomic E-state index is 6.22. The second-order valence-corrected chi connectivity index (χ2v) is 6.95. The lowest BCUT2D eigenvalue weighted by Gasteiger charge is -2.50. The van der Waals surface area contributed by atoms with E-state index in [1.165, 1.54) is 32.4 Å². The molecule has 2 aliphatic rings. The Morgan fingerprint density at radius 3 is 2.18 bits per heavy atom. The standard InChI is InChI=1S/C15H30N2/c1-11-5-6-14(4)15(7-11,10-16)17-8-12(2)13(3)9-17/h11-14H,5-10,16H2,1-4H3. The van der Waals surface area contributed by atoms with E-state index >= 15 is 0 Å². The van der Waals surface area contributed by atoms with E-state index in [9.17, 15) is 0 Å². The van der Waals surface area contributed by atoms with Crippen LogP contribution < -0.4 is 5.73 Å². The molecule has 0 radical (unpaired) electrons. The third kappa shape index (κ3) is 2.26. The van der Waals surface area contributed by atoms with Gasteiger partial charge in [0.15, 0.2) is 0 Å². The van der Waals surface area contributed by atoms with Crippen molar-refractivity contribution in [2.75, 3.05) is 19.6 Å². The van der Waals surface area contributed by atoms with Gasteiger partial charge in [-0.2, -0.15) is 0 Å². The second kappa shape index (κ2) is 4.89. The molecule has 2 nitrogen and oxygen atoms in total. The minimum absolute atomic E-state index is 0.302. The Bertz CT molecular complexity index is 256. The third-order valence-corrected chi connectivity index (χ3v) is 5.68. The molecule has 1 saturated carbocycles. The normalized spacial score (nSPS) is 48.5. The van der Waals surface area contributed by atoms with Crippen molar-refractivity contribution in [3.63, 3.8) is 0 Å². The van der Waals surface area contributed by atoms with Gasteiger partial charge in [0.25, 0.3) is 0 Å². The molecule has 1 aliphatic carbocycles. The van der Waals surface area contributed by atoms with Crippen molar-refractivity contribution in [2.45, 2.75) is 52.5 Å². The molecule has 0 amide bonds. The van der Waals surface area contributed by atoms with Crippen LogP contribution in [-0.4, -0.2) is 30.1 Å². The summed E-state index contributed by atoms with van der Waals surface area (Å²) in [7, 11) is 0. The highest BCUT2D eigenvalue weighted by atomic mass is 15.2. The van der Waals surface area contributed by atoms with Crippen molar-refractivity contribution >= 4 is 0 Å². The van der Waals surface area contributed by atoms with Crippen molar-refractivity contribution < 1.29 is 0 Å². The molecule has 0 aromatic rings. The van der Waals surface area contributed by atoms with E-state index in [-0.39, 0.29) is 0 Å². The fraction of sp³-hybridized carbons (Fsp3) is 1.00. The first-order chi connectivity index (χ1) is 7.99.